The molecular weight excluding hydrogens is 228 g/mol. The Morgan fingerprint density at radius 3 is 3.07 bits per heavy atom. The summed E-state index contributed by atoms with van der Waals surface area (Å²) in [6, 6.07) is 3.84. The number of hydrogen-bond donors (Lipinski definition) is 1. The molecule has 15 heavy (non-hydrogen) atoms. The highest BCUT2D eigenvalue weighted by Crippen LogP contribution is 2.30. The van der Waals surface area contributed by atoms with Crippen molar-refractivity contribution in [1.82, 2.24) is 4.98 Å². The molecule has 0 amide bonds. The van der Waals surface area contributed by atoms with Gasteiger partial charge in [-0.15, -0.1) is 0 Å². The Labute approximate surface area is 99.2 Å². The van der Waals surface area contributed by atoms with Gasteiger partial charge in [0.05, 0.1) is 0 Å². The summed E-state index contributed by atoms with van der Waals surface area (Å²) in [6.07, 6.45) is 3.37. The zero-order valence-corrected chi connectivity index (χ0v) is 10.1. The fraction of sp³-hybridized carbons (Fsp3) is 0.182. The average Bonchev–Trinajstić information content (AvgIpc) is 2.28. The number of hydrogen-bond acceptors (Lipinski definition) is 3. The molecule has 1 aromatic heterocycles. The van der Waals surface area contributed by atoms with E-state index in [-0.39, 0.29) is 0 Å². The van der Waals surface area contributed by atoms with Gasteiger partial charge in [-0.1, -0.05) is 36.0 Å². The van der Waals surface area contributed by atoms with Crippen LogP contribution in [0, 0.1) is 0 Å². The molecule has 80 valence electrons. The molecule has 4 heteroatoms. The Balaban J connectivity index is 2.94. The molecule has 0 radical (unpaired) electrons. The van der Waals surface area contributed by atoms with Crippen LogP contribution in [0.2, 0.25) is 0 Å². The maximum atomic E-state index is 5.94. The van der Waals surface area contributed by atoms with Gasteiger partial charge in [0.25, 0.3) is 0 Å². The van der Waals surface area contributed by atoms with E-state index in [2.05, 4.69) is 11.6 Å². The van der Waals surface area contributed by atoms with Crippen molar-refractivity contribution >= 4 is 23.4 Å². The molecular formula is C11H13ClN2S. The summed E-state index contributed by atoms with van der Waals surface area (Å²) in [5, 5.41) is 1.55. The van der Waals surface area contributed by atoms with Gasteiger partial charge in [0.2, 0.25) is 0 Å². The van der Waals surface area contributed by atoms with E-state index in [9.17, 15) is 0 Å². The standard InChI is InChI=1S/C11H13ClN2S/c1-3-10(12)8(2)15-11-9(7-13)5-4-6-14-11/h3-6H,1,7,13H2,2H3/b10-8-. The smallest absolute Gasteiger partial charge is 0.105 e. The fourth-order valence-electron chi connectivity index (χ4n) is 1.01. The van der Waals surface area contributed by atoms with E-state index in [1.165, 1.54) is 11.8 Å². The first-order valence-electron chi connectivity index (χ1n) is 4.49. The fourth-order valence-corrected chi connectivity index (χ4v) is 1.99. The third-order valence-electron chi connectivity index (χ3n) is 1.84. The number of pyridine rings is 1. The van der Waals surface area contributed by atoms with Gasteiger partial charge >= 0.3 is 0 Å². The van der Waals surface area contributed by atoms with Gasteiger partial charge in [0, 0.05) is 22.7 Å². The van der Waals surface area contributed by atoms with Gasteiger partial charge < -0.3 is 5.73 Å². The minimum Gasteiger partial charge on any atom is -0.326 e. The zero-order chi connectivity index (χ0) is 11.3. The zero-order valence-electron chi connectivity index (χ0n) is 8.53. The summed E-state index contributed by atoms with van der Waals surface area (Å²) < 4.78 is 0. The van der Waals surface area contributed by atoms with Gasteiger partial charge in [-0.3, -0.25) is 0 Å². The van der Waals surface area contributed by atoms with Gasteiger partial charge in [-0.25, -0.2) is 4.98 Å². The molecule has 0 aliphatic carbocycles. The number of nitrogens with two attached hydrogens (primary N) is 1. The van der Waals surface area contributed by atoms with Crippen molar-refractivity contribution in [2.24, 2.45) is 5.73 Å². The van der Waals surface area contributed by atoms with Crippen LogP contribution in [0.15, 0.2) is 45.9 Å². The van der Waals surface area contributed by atoms with Crippen LogP contribution >= 0.6 is 23.4 Å². The van der Waals surface area contributed by atoms with Crippen molar-refractivity contribution in [3.8, 4) is 0 Å². The van der Waals surface area contributed by atoms with Crippen LogP contribution in [0.25, 0.3) is 0 Å². The molecule has 0 saturated carbocycles. The van der Waals surface area contributed by atoms with Crippen LogP contribution in [-0.4, -0.2) is 4.98 Å². The highest BCUT2D eigenvalue weighted by Gasteiger charge is 2.05. The van der Waals surface area contributed by atoms with Crippen molar-refractivity contribution in [3.63, 3.8) is 0 Å². The van der Waals surface area contributed by atoms with E-state index in [0.717, 1.165) is 15.5 Å². The van der Waals surface area contributed by atoms with Crippen molar-refractivity contribution in [3.05, 3.63) is 46.5 Å². The molecule has 1 rings (SSSR count). The first-order valence-corrected chi connectivity index (χ1v) is 5.69. The van der Waals surface area contributed by atoms with Gasteiger partial charge in [0.1, 0.15) is 5.03 Å². The Bertz CT molecular complexity index is 388. The quantitative estimate of drug-likeness (QED) is 0.649. The van der Waals surface area contributed by atoms with Crippen LogP contribution in [0.3, 0.4) is 0 Å². The van der Waals surface area contributed by atoms with Crippen LogP contribution in [0.4, 0.5) is 0 Å². The minimum absolute atomic E-state index is 0.481. The molecule has 1 heterocycles. The van der Waals surface area contributed by atoms with Crippen LogP contribution in [0.1, 0.15) is 12.5 Å². The summed E-state index contributed by atoms with van der Waals surface area (Å²) in [5.41, 5.74) is 6.64. The third kappa shape index (κ3) is 3.38. The van der Waals surface area contributed by atoms with E-state index in [1.807, 2.05) is 19.1 Å². The molecule has 0 unspecified atom stereocenters. The maximum absolute atomic E-state index is 5.94. The molecule has 0 bridgehead atoms. The lowest BCUT2D eigenvalue weighted by atomic mass is 10.3. The second kappa shape index (κ2) is 5.95. The van der Waals surface area contributed by atoms with Crippen molar-refractivity contribution in [2.75, 3.05) is 0 Å². The number of rotatable bonds is 4. The molecule has 0 fully saturated rings. The number of halogens is 1. The number of nitrogens with zero attached hydrogens (tertiary/aromatic N) is 1. The summed E-state index contributed by atoms with van der Waals surface area (Å²) in [7, 11) is 0. The van der Waals surface area contributed by atoms with E-state index in [4.69, 9.17) is 17.3 Å². The molecule has 0 spiro atoms. The predicted molar refractivity (Wildman–Crippen MR) is 66.7 cm³/mol. The lowest BCUT2D eigenvalue weighted by Gasteiger charge is -2.06. The van der Waals surface area contributed by atoms with E-state index in [1.54, 1.807) is 12.3 Å². The topological polar surface area (TPSA) is 38.9 Å². The summed E-state index contributed by atoms with van der Waals surface area (Å²) in [5.74, 6) is 0. The molecule has 2 nitrogen and oxygen atoms in total. The van der Waals surface area contributed by atoms with Crippen molar-refractivity contribution in [2.45, 2.75) is 18.5 Å². The van der Waals surface area contributed by atoms with E-state index >= 15 is 0 Å². The van der Waals surface area contributed by atoms with Gasteiger partial charge in [-0.05, 0) is 24.6 Å². The second-order valence-electron chi connectivity index (χ2n) is 2.88. The highest BCUT2D eigenvalue weighted by molar-refractivity contribution is 8.03. The van der Waals surface area contributed by atoms with E-state index in [0.29, 0.717) is 11.6 Å². The van der Waals surface area contributed by atoms with Crippen LogP contribution in [-0.2, 0) is 6.54 Å². The first kappa shape index (κ1) is 12.3. The molecule has 0 aliphatic rings. The maximum Gasteiger partial charge on any atom is 0.105 e. The van der Waals surface area contributed by atoms with E-state index < -0.39 is 0 Å². The van der Waals surface area contributed by atoms with Gasteiger partial charge in [0.15, 0.2) is 0 Å². The summed E-state index contributed by atoms with van der Waals surface area (Å²) in [6.45, 7) is 6.03. The minimum atomic E-state index is 0.481. The molecule has 0 atom stereocenters. The van der Waals surface area contributed by atoms with Crippen molar-refractivity contribution in [1.29, 1.82) is 0 Å². The van der Waals surface area contributed by atoms with Gasteiger partial charge in [-0.2, -0.15) is 0 Å². The molecule has 0 aliphatic heterocycles. The molecule has 2 N–H and O–H groups in total. The Morgan fingerprint density at radius 1 is 1.73 bits per heavy atom. The largest absolute Gasteiger partial charge is 0.326 e. The Morgan fingerprint density at radius 2 is 2.47 bits per heavy atom. The highest BCUT2D eigenvalue weighted by atomic mass is 35.5. The Hall–Kier alpha value is -0.770. The second-order valence-corrected chi connectivity index (χ2v) is 4.49. The number of allylic oxidation sites excluding steroid dienone is 3. The third-order valence-corrected chi connectivity index (χ3v) is 3.47. The normalized spacial score (nSPS) is 12.2. The van der Waals surface area contributed by atoms with Crippen LogP contribution < -0.4 is 5.73 Å². The molecule has 0 saturated heterocycles. The summed E-state index contributed by atoms with van der Waals surface area (Å²) in [4.78, 5) is 5.23. The van der Waals surface area contributed by atoms with Crippen molar-refractivity contribution < 1.29 is 0 Å². The Kier molecular flexibility index (Phi) is 4.88. The monoisotopic (exact) mass is 240 g/mol. The number of aromatic nitrogens is 1. The first-order chi connectivity index (χ1) is 7.19. The SMILES string of the molecule is C=C/C(Cl)=C(\C)Sc1ncccc1CN. The average molecular weight is 241 g/mol. The predicted octanol–water partition coefficient (Wildman–Crippen LogP) is 3.29. The number of thioether (sulfide) groups is 1. The molecule has 0 aromatic carbocycles. The lowest BCUT2D eigenvalue weighted by Crippen LogP contribution is -1.99. The summed E-state index contributed by atoms with van der Waals surface area (Å²) >= 11 is 7.46. The lowest BCUT2D eigenvalue weighted by molar-refractivity contribution is 0.965. The molecule has 1 aromatic rings. The van der Waals surface area contributed by atoms with Crippen LogP contribution in [0.5, 0.6) is 0 Å².